The second-order valence-electron chi connectivity index (χ2n) is 4.81. The standard InChI is InChI=1S/C23H29/c1-3-5-7-9-11-13-15-17-19-21-23-22-20-18-16-14-12-10-8-6-4-2/h1,3,5,7,9,11-23H,4,6,8,10H2,2H3/b3-1?,7-5+,11-9+,14-12+,15-13+,18-16+,19-17+,22-20+,23-21+. The molecule has 0 aromatic heterocycles. The lowest BCUT2D eigenvalue weighted by Gasteiger charge is -1.89. The molecule has 0 aromatic carbocycles. The molecule has 0 aromatic rings. The van der Waals surface area contributed by atoms with Gasteiger partial charge in [0.05, 0.1) is 0 Å². The zero-order chi connectivity index (χ0) is 16.8. The van der Waals surface area contributed by atoms with Crippen LogP contribution in [0.25, 0.3) is 0 Å². The molecule has 1 radical (unpaired) electrons. The van der Waals surface area contributed by atoms with Gasteiger partial charge in [0.1, 0.15) is 0 Å². The van der Waals surface area contributed by atoms with Crippen LogP contribution in [0.1, 0.15) is 32.6 Å². The van der Waals surface area contributed by atoms with Crippen molar-refractivity contribution in [3.8, 4) is 0 Å². The van der Waals surface area contributed by atoms with E-state index in [0.717, 1.165) is 0 Å². The molecular weight excluding hydrogens is 276 g/mol. The Morgan fingerprint density at radius 1 is 0.522 bits per heavy atom. The van der Waals surface area contributed by atoms with E-state index >= 15 is 0 Å². The summed E-state index contributed by atoms with van der Waals surface area (Å²) in [6, 6.07) is 0. The fraction of sp³-hybridized carbons (Fsp3) is 0.217. The van der Waals surface area contributed by atoms with E-state index in [0.29, 0.717) is 0 Å². The van der Waals surface area contributed by atoms with Crippen LogP contribution in [0.5, 0.6) is 0 Å². The highest BCUT2D eigenvalue weighted by Crippen LogP contribution is 1.99. The summed E-state index contributed by atoms with van der Waals surface area (Å²) in [5.41, 5.74) is 0. The van der Waals surface area contributed by atoms with Crippen LogP contribution in [0.3, 0.4) is 0 Å². The molecule has 0 atom stereocenters. The molecule has 0 heterocycles. The fourth-order valence-corrected chi connectivity index (χ4v) is 1.59. The normalized spacial score (nSPS) is 13.8. The number of hydrogen-bond acceptors (Lipinski definition) is 0. The summed E-state index contributed by atoms with van der Waals surface area (Å²) in [7, 11) is 0. The van der Waals surface area contributed by atoms with Crippen LogP contribution in [0, 0.1) is 6.58 Å². The smallest absolute Gasteiger partial charge is 0.0348 e. The van der Waals surface area contributed by atoms with Gasteiger partial charge in [0, 0.05) is 0 Å². The van der Waals surface area contributed by atoms with E-state index < -0.39 is 0 Å². The van der Waals surface area contributed by atoms with Crippen molar-refractivity contribution in [1.82, 2.24) is 0 Å². The topological polar surface area (TPSA) is 0 Å². The molecule has 0 bridgehead atoms. The molecule has 0 fully saturated rings. The van der Waals surface area contributed by atoms with Gasteiger partial charge in [0.2, 0.25) is 0 Å². The van der Waals surface area contributed by atoms with E-state index in [4.69, 9.17) is 6.58 Å². The molecule has 0 aliphatic heterocycles. The maximum Gasteiger partial charge on any atom is -0.0348 e. The molecule has 0 rings (SSSR count). The van der Waals surface area contributed by atoms with E-state index in [1.54, 1.807) is 6.08 Å². The minimum absolute atomic E-state index is 1.18. The van der Waals surface area contributed by atoms with Gasteiger partial charge in [-0.3, -0.25) is 0 Å². The van der Waals surface area contributed by atoms with Crippen LogP contribution in [0.4, 0.5) is 0 Å². The summed E-state index contributed by atoms with van der Waals surface area (Å²) in [6.45, 7) is 7.44. The highest BCUT2D eigenvalue weighted by molar-refractivity contribution is 5.21. The minimum Gasteiger partial charge on any atom is -0.0845 e. The highest BCUT2D eigenvalue weighted by Gasteiger charge is 1.79. The Morgan fingerprint density at radius 2 is 0.913 bits per heavy atom. The second kappa shape index (κ2) is 19.7. The van der Waals surface area contributed by atoms with Gasteiger partial charge in [-0.1, -0.05) is 130 Å². The first-order valence-corrected chi connectivity index (χ1v) is 8.28. The molecule has 0 nitrogen and oxygen atoms in total. The first-order valence-electron chi connectivity index (χ1n) is 8.28. The van der Waals surface area contributed by atoms with Crippen molar-refractivity contribution in [3.05, 3.63) is 110 Å². The largest absolute Gasteiger partial charge is 0.0845 e. The van der Waals surface area contributed by atoms with Crippen molar-refractivity contribution in [1.29, 1.82) is 0 Å². The van der Waals surface area contributed by atoms with E-state index in [1.165, 1.54) is 31.8 Å². The monoisotopic (exact) mass is 305 g/mol. The van der Waals surface area contributed by atoms with Gasteiger partial charge < -0.3 is 0 Å². The molecule has 0 amide bonds. The Morgan fingerprint density at radius 3 is 1.30 bits per heavy atom. The van der Waals surface area contributed by atoms with Crippen LogP contribution in [-0.4, -0.2) is 0 Å². The summed E-state index contributed by atoms with van der Waals surface area (Å²) < 4.78 is 0. The average molecular weight is 305 g/mol. The van der Waals surface area contributed by atoms with E-state index in [2.05, 4.69) is 25.2 Å². The molecule has 0 spiro atoms. The summed E-state index contributed by atoms with van der Waals surface area (Å²) in [5.74, 6) is 0. The zero-order valence-electron chi connectivity index (χ0n) is 14.2. The molecule has 0 saturated carbocycles. The molecule has 0 unspecified atom stereocenters. The number of rotatable bonds is 12. The third kappa shape index (κ3) is 19.7. The van der Waals surface area contributed by atoms with Gasteiger partial charge in [-0.05, 0) is 12.8 Å². The van der Waals surface area contributed by atoms with Crippen molar-refractivity contribution in [2.24, 2.45) is 0 Å². The average Bonchev–Trinajstić information content (AvgIpc) is 2.57. The maximum absolute atomic E-state index is 5.21. The van der Waals surface area contributed by atoms with Crippen molar-refractivity contribution in [2.45, 2.75) is 32.6 Å². The summed E-state index contributed by atoms with van der Waals surface area (Å²) in [6.07, 6.45) is 38.6. The molecular formula is C23H29. The van der Waals surface area contributed by atoms with Crippen LogP contribution in [0.2, 0.25) is 0 Å². The Bertz CT molecular complexity index is 488. The first kappa shape index (κ1) is 20.7. The number of allylic oxidation sites excluding steroid dienone is 17. The van der Waals surface area contributed by atoms with E-state index in [1.807, 2.05) is 72.9 Å². The summed E-state index contributed by atoms with van der Waals surface area (Å²) in [4.78, 5) is 0. The van der Waals surface area contributed by atoms with E-state index in [9.17, 15) is 0 Å². The lowest BCUT2D eigenvalue weighted by molar-refractivity contribution is 0.729. The minimum atomic E-state index is 1.18. The molecule has 0 saturated heterocycles. The predicted molar refractivity (Wildman–Crippen MR) is 106 cm³/mol. The van der Waals surface area contributed by atoms with E-state index in [-0.39, 0.29) is 0 Å². The fourth-order valence-electron chi connectivity index (χ4n) is 1.59. The maximum atomic E-state index is 5.21. The van der Waals surface area contributed by atoms with Crippen molar-refractivity contribution in [2.75, 3.05) is 0 Å². The van der Waals surface area contributed by atoms with Gasteiger partial charge in [-0.25, -0.2) is 0 Å². The first-order chi connectivity index (χ1) is 11.4. The Balaban J connectivity index is 3.77. The third-order valence-electron chi connectivity index (χ3n) is 2.78. The quantitative estimate of drug-likeness (QED) is 0.269. The summed E-state index contributed by atoms with van der Waals surface area (Å²) >= 11 is 0. The Hall–Kier alpha value is -2.34. The molecule has 0 aliphatic rings. The van der Waals surface area contributed by atoms with Crippen LogP contribution < -0.4 is 0 Å². The highest BCUT2D eigenvalue weighted by atomic mass is 13.9. The lowest BCUT2D eigenvalue weighted by Crippen LogP contribution is -1.69. The second-order valence-corrected chi connectivity index (χ2v) is 4.81. The molecule has 0 heteroatoms. The van der Waals surface area contributed by atoms with Crippen LogP contribution in [0.15, 0.2) is 103 Å². The zero-order valence-corrected chi connectivity index (χ0v) is 14.2. The molecule has 121 valence electrons. The lowest BCUT2D eigenvalue weighted by atomic mass is 10.2. The Labute approximate surface area is 143 Å². The van der Waals surface area contributed by atoms with Gasteiger partial charge in [-0.15, -0.1) is 0 Å². The van der Waals surface area contributed by atoms with Gasteiger partial charge in [0.15, 0.2) is 0 Å². The van der Waals surface area contributed by atoms with Crippen molar-refractivity contribution in [3.63, 3.8) is 0 Å². The van der Waals surface area contributed by atoms with Crippen LogP contribution in [-0.2, 0) is 0 Å². The van der Waals surface area contributed by atoms with Gasteiger partial charge >= 0.3 is 0 Å². The molecule has 0 N–H and O–H groups in total. The SMILES string of the molecule is [CH]=C/C=C/C=C/C=C/C=C/C=C/C=C/C=C/C=C/CCCCC. The van der Waals surface area contributed by atoms with Crippen molar-refractivity contribution < 1.29 is 0 Å². The number of hydrogen-bond donors (Lipinski definition) is 0. The number of unbranched alkanes of at least 4 members (excludes halogenated alkanes) is 3. The Kier molecular flexibility index (Phi) is 17.7. The molecule has 0 aliphatic carbocycles. The predicted octanol–water partition coefficient (Wildman–Crippen LogP) is 7.01. The van der Waals surface area contributed by atoms with Crippen molar-refractivity contribution >= 4 is 0 Å². The summed E-state index contributed by atoms with van der Waals surface area (Å²) in [5, 5.41) is 0. The van der Waals surface area contributed by atoms with Gasteiger partial charge in [-0.2, -0.15) is 0 Å². The third-order valence-corrected chi connectivity index (χ3v) is 2.78. The van der Waals surface area contributed by atoms with Gasteiger partial charge in [0.25, 0.3) is 0 Å². The molecule has 23 heavy (non-hydrogen) atoms. The van der Waals surface area contributed by atoms with Crippen LogP contribution >= 0.6 is 0 Å².